The number of carboxylic acids is 1. The molecular weight excluding hydrogens is 320 g/mol. The van der Waals surface area contributed by atoms with Gasteiger partial charge in [0.15, 0.2) is 0 Å². The van der Waals surface area contributed by atoms with Crippen LogP contribution in [0.1, 0.15) is 32.7 Å². The molecule has 2 aromatic heterocycles. The Morgan fingerprint density at radius 1 is 1.12 bits per heavy atom. The molecule has 1 aromatic carbocycles. The minimum atomic E-state index is -0.997. The van der Waals surface area contributed by atoms with E-state index in [0.717, 1.165) is 23.2 Å². The quantitative estimate of drug-likeness (QED) is 0.714. The maximum atomic E-state index is 11.3. The van der Waals surface area contributed by atoms with Gasteiger partial charge in [0.1, 0.15) is 11.3 Å². The fourth-order valence-electron chi connectivity index (χ4n) is 2.64. The van der Waals surface area contributed by atoms with Crippen molar-refractivity contribution in [3.05, 3.63) is 70.8 Å². The minimum Gasteiger partial charge on any atom is -0.478 e. The Hall–Kier alpha value is -2.93. The lowest BCUT2D eigenvalue weighted by Crippen LogP contribution is -2.03. The summed E-state index contributed by atoms with van der Waals surface area (Å²) in [6.45, 7) is 3.42. The normalized spacial score (nSPS) is 11.0. The monoisotopic (exact) mass is 340 g/mol. The summed E-state index contributed by atoms with van der Waals surface area (Å²) in [5.74, 6) is -0.997. The van der Waals surface area contributed by atoms with E-state index < -0.39 is 5.97 Å². The molecule has 0 aliphatic rings. The van der Waals surface area contributed by atoms with Gasteiger partial charge in [-0.2, -0.15) is 10.2 Å². The molecule has 0 saturated carbocycles. The third kappa shape index (κ3) is 4.13. The third-order valence-corrected chi connectivity index (χ3v) is 3.82. The van der Waals surface area contributed by atoms with E-state index in [1.54, 1.807) is 4.68 Å². The highest BCUT2D eigenvalue weighted by atomic mass is 16.5. The number of aromatic carboxylic acids is 1. The first kappa shape index (κ1) is 16.9. The second-order valence-corrected chi connectivity index (χ2v) is 5.96. The predicted octanol–water partition coefficient (Wildman–Crippen LogP) is 2.33. The molecule has 0 fully saturated rings. The first-order chi connectivity index (χ1) is 12.0. The van der Waals surface area contributed by atoms with Crippen molar-refractivity contribution < 1.29 is 14.6 Å². The zero-order chi connectivity index (χ0) is 17.8. The molecular formula is C18H20N4O3. The van der Waals surface area contributed by atoms with Crippen molar-refractivity contribution in [3.8, 4) is 0 Å². The SMILES string of the molecule is COCc1nn(Cc2ccc(Cn3cc(C)cn3)cc2)cc1C(=O)O. The van der Waals surface area contributed by atoms with Gasteiger partial charge in [-0.15, -0.1) is 0 Å². The molecule has 0 amide bonds. The Kier molecular flexibility index (Phi) is 4.95. The van der Waals surface area contributed by atoms with E-state index in [2.05, 4.69) is 10.2 Å². The van der Waals surface area contributed by atoms with Crippen molar-refractivity contribution in [1.82, 2.24) is 19.6 Å². The predicted molar refractivity (Wildman–Crippen MR) is 91.5 cm³/mol. The number of aryl methyl sites for hydroxylation is 1. The van der Waals surface area contributed by atoms with Crippen LogP contribution < -0.4 is 0 Å². The summed E-state index contributed by atoms with van der Waals surface area (Å²) in [5.41, 5.74) is 3.94. The van der Waals surface area contributed by atoms with Crippen LogP contribution in [0.15, 0.2) is 42.9 Å². The van der Waals surface area contributed by atoms with E-state index >= 15 is 0 Å². The molecule has 0 radical (unpaired) electrons. The van der Waals surface area contributed by atoms with Crippen molar-refractivity contribution in [2.45, 2.75) is 26.6 Å². The number of benzene rings is 1. The smallest absolute Gasteiger partial charge is 0.339 e. The van der Waals surface area contributed by atoms with E-state index in [9.17, 15) is 9.90 Å². The standard InChI is InChI=1S/C18H20N4O3/c1-13-7-19-21(8-13)9-14-3-5-15(6-4-14)10-22-11-16(18(23)24)17(20-22)12-25-2/h3-8,11H,9-10,12H2,1-2H3,(H,23,24). The molecule has 25 heavy (non-hydrogen) atoms. The third-order valence-electron chi connectivity index (χ3n) is 3.82. The molecule has 0 aliphatic heterocycles. The Balaban J connectivity index is 1.71. The number of methoxy groups -OCH3 is 1. The number of aromatic nitrogens is 4. The number of ether oxygens (including phenoxy) is 1. The second kappa shape index (κ2) is 7.31. The maximum absolute atomic E-state index is 11.3. The first-order valence-electron chi connectivity index (χ1n) is 7.90. The number of nitrogens with zero attached hydrogens (tertiary/aromatic N) is 4. The van der Waals surface area contributed by atoms with Crippen LogP contribution in [0.3, 0.4) is 0 Å². The number of rotatable bonds is 7. The molecule has 2 heterocycles. The number of carboxylic acid groups (broad SMARTS) is 1. The highest BCUT2D eigenvalue weighted by Crippen LogP contribution is 2.12. The molecule has 1 N–H and O–H groups in total. The summed E-state index contributed by atoms with van der Waals surface area (Å²) in [6, 6.07) is 8.13. The molecule has 0 saturated heterocycles. The fourth-order valence-corrected chi connectivity index (χ4v) is 2.64. The van der Waals surface area contributed by atoms with Gasteiger partial charge in [0.25, 0.3) is 0 Å². The van der Waals surface area contributed by atoms with Gasteiger partial charge >= 0.3 is 5.97 Å². The van der Waals surface area contributed by atoms with Crippen LogP contribution in [0.4, 0.5) is 0 Å². The molecule has 7 nitrogen and oxygen atoms in total. The van der Waals surface area contributed by atoms with Crippen LogP contribution in [0.25, 0.3) is 0 Å². The highest BCUT2D eigenvalue weighted by Gasteiger charge is 2.15. The van der Waals surface area contributed by atoms with Crippen molar-refractivity contribution >= 4 is 5.97 Å². The number of hydrogen-bond donors (Lipinski definition) is 1. The zero-order valence-corrected chi connectivity index (χ0v) is 14.2. The maximum Gasteiger partial charge on any atom is 0.339 e. The van der Waals surface area contributed by atoms with E-state index in [1.165, 1.54) is 13.3 Å². The molecule has 0 spiro atoms. The van der Waals surface area contributed by atoms with E-state index in [0.29, 0.717) is 12.2 Å². The molecule has 7 heteroatoms. The Morgan fingerprint density at radius 2 is 1.76 bits per heavy atom. The lowest BCUT2D eigenvalue weighted by molar-refractivity contribution is 0.0691. The number of hydrogen-bond acceptors (Lipinski definition) is 4. The average Bonchev–Trinajstić information content (AvgIpc) is 3.16. The van der Waals surface area contributed by atoms with Crippen molar-refractivity contribution in [1.29, 1.82) is 0 Å². The van der Waals surface area contributed by atoms with Gasteiger partial charge in [0.05, 0.1) is 25.9 Å². The Morgan fingerprint density at radius 3 is 2.28 bits per heavy atom. The van der Waals surface area contributed by atoms with Gasteiger partial charge in [-0.25, -0.2) is 4.79 Å². The molecule has 0 atom stereocenters. The van der Waals surface area contributed by atoms with Crippen LogP contribution >= 0.6 is 0 Å². The Labute approximate surface area is 145 Å². The van der Waals surface area contributed by atoms with E-state index in [-0.39, 0.29) is 12.2 Å². The average molecular weight is 340 g/mol. The summed E-state index contributed by atoms with van der Waals surface area (Å²) >= 11 is 0. The molecule has 3 rings (SSSR count). The first-order valence-corrected chi connectivity index (χ1v) is 7.90. The van der Waals surface area contributed by atoms with Crippen molar-refractivity contribution in [3.63, 3.8) is 0 Å². The number of carbonyl (C=O) groups is 1. The fraction of sp³-hybridized carbons (Fsp3) is 0.278. The van der Waals surface area contributed by atoms with Gasteiger partial charge in [0.2, 0.25) is 0 Å². The van der Waals surface area contributed by atoms with Crippen LogP contribution in [0.5, 0.6) is 0 Å². The van der Waals surface area contributed by atoms with Crippen LogP contribution in [-0.2, 0) is 24.4 Å². The molecule has 0 bridgehead atoms. The second-order valence-electron chi connectivity index (χ2n) is 5.96. The topological polar surface area (TPSA) is 82.2 Å². The summed E-state index contributed by atoms with van der Waals surface area (Å²) in [5, 5.41) is 17.8. The molecule has 3 aromatic rings. The van der Waals surface area contributed by atoms with Gasteiger partial charge in [-0.05, 0) is 23.6 Å². The summed E-state index contributed by atoms with van der Waals surface area (Å²) in [6.07, 6.45) is 5.38. The largest absolute Gasteiger partial charge is 0.478 e. The van der Waals surface area contributed by atoms with Gasteiger partial charge in [-0.1, -0.05) is 24.3 Å². The highest BCUT2D eigenvalue weighted by molar-refractivity contribution is 5.88. The Bertz CT molecular complexity index is 865. The molecule has 0 unspecified atom stereocenters. The van der Waals surface area contributed by atoms with E-state index in [4.69, 9.17) is 4.74 Å². The van der Waals surface area contributed by atoms with Gasteiger partial charge < -0.3 is 9.84 Å². The van der Waals surface area contributed by atoms with Crippen LogP contribution in [0.2, 0.25) is 0 Å². The van der Waals surface area contributed by atoms with E-state index in [1.807, 2.05) is 48.3 Å². The zero-order valence-electron chi connectivity index (χ0n) is 14.2. The van der Waals surface area contributed by atoms with Crippen LogP contribution in [0, 0.1) is 6.92 Å². The van der Waals surface area contributed by atoms with Gasteiger partial charge in [0, 0.05) is 19.5 Å². The van der Waals surface area contributed by atoms with Crippen molar-refractivity contribution in [2.24, 2.45) is 0 Å². The summed E-state index contributed by atoms with van der Waals surface area (Å²) in [4.78, 5) is 11.3. The molecule has 0 aliphatic carbocycles. The lowest BCUT2D eigenvalue weighted by atomic mass is 10.1. The summed E-state index contributed by atoms with van der Waals surface area (Å²) in [7, 11) is 1.52. The van der Waals surface area contributed by atoms with Crippen LogP contribution in [-0.4, -0.2) is 37.7 Å². The molecule has 130 valence electrons. The van der Waals surface area contributed by atoms with Crippen molar-refractivity contribution in [2.75, 3.05) is 7.11 Å². The summed E-state index contributed by atoms with van der Waals surface area (Å²) < 4.78 is 8.53. The van der Waals surface area contributed by atoms with Gasteiger partial charge in [-0.3, -0.25) is 9.36 Å². The minimum absolute atomic E-state index is 0.174. The lowest BCUT2D eigenvalue weighted by Gasteiger charge is -2.05.